The molecule has 1 aromatic carbocycles. The first-order valence-corrected chi connectivity index (χ1v) is 5.69. The topological polar surface area (TPSA) is 68.2 Å². The van der Waals surface area contributed by atoms with E-state index in [-0.39, 0.29) is 0 Å². The van der Waals surface area contributed by atoms with Crippen LogP contribution >= 0.6 is 11.3 Å². The molecule has 0 fully saturated rings. The molecule has 5 heteroatoms. The van der Waals surface area contributed by atoms with Gasteiger partial charge in [0.25, 0.3) is 0 Å². The predicted molar refractivity (Wildman–Crippen MR) is 70.7 cm³/mol. The molecular formula is C11H14N4S. The zero-order valence-electron chi connectivity index (χ0n) is 9.27. The minimum absolute atomic E-state index is 0.504. The first-order valence-electron chi connectivity index (χ1n) is 4.87. The largest absolute Gasteiger partial charge is 0.389 e. The van der Waals surface area contributed by atoms with Gasteiger partial charge in [0.2, 0.25) is 0 Å². The van der Waals surface area contributed by atoms with Crippen molar-refractivity contribution in [3.05, 3.63) is 24.3 Å². The van der Waals surface area contributed by atoms with Gasteiger partial charge < -0.3 is 16.4 Å². The van der Waals surface area contributed by atoms with Gasteiger partial charge in [-0.15, -0.1) is 0 Å². The highest BCUT2D eigenvalue weighted by Crippen LogP contribution is 2.32. The molecule has 0 aliphatic heterocycles. The summed E-state index contributed by atoms with van der Waals surface area (Å²) in [7, 11) is 4.01. The maximum atomic E-state index is 5.84. The highest BCUT2D eigenvalue weighted by Gasteiger charge is 2.08. The monoisotopic (exact) mass is 234 g/mol. The van der Waals surface area contributed by atoms with Crippen LogP contribution in [-0.2, 0) is 0 Å². The van der Waals surface area contributed by atoms with Gasteiger partial charge in [-0.25, -0.2) is 4.98 Å². The second-order valence-electron chi connectivity index (χ2n) is 3.71. The molecule has 0 saturated heterocycles. The molecule has 16 heavy (non-hydrogen) atoms. The summed E-state index contributed by atoms with van der Waals surface area (Å²) in [6.07, 6.45) is 0. The third-order valence-corrected chi connectivity index (χ3v) is 3.04. The van der Waals surface area contributed by atoms with Crippen LogP contribution in [0.2, 0.25) is 0 Å². The highest BCUT2D eigenvalue weighted by atomic mass is 32.1. The molecule has 4 N–H and O–H groups in total. The van der Waals surface area contributed by atoms with Crippen LogP contribution in [0, 0.1) is 0 Å². The van der Waals surface area contributed by atoms with Crippen molar-refractivity contribution in [3.8, 4) is 11.3 Å². The number of nitrogens with zero attached hydrogens (tertiary/aromatic N) is 2. The van der Waals surface area contributed by atoms with Gasteiger partial charge >= 0.3 is 0 Å². The third kappa shape index (κ3) is 1.94. The van der Waals surface area contributed by atoms with Crippen molar-refractivity contribution >= 4 is 27.2 Å². The molecule has 2 aromatic rings. The Hall–Kier alpha value is -1.75. The van der Waals surface area contributed by atoms with Crippen LogP contribution in [0.15, 0.2) is 24.3 Å². The fourth-order valence-electron chi connectivity index (χ4n) is 1.47. The molecule has 0 saturated carbocycles. The average Bonchev–Trinajstić information content (AvgIpc) is 2.58. The zero-order chi connectivity index (χ0) is 11.7. The molecule has 0 aliphatic carbocycles. The van der Waals surface area contributed by atoms with Crippen LogP contribution in [-0.4, -0.2) is 19.1 Å². The molecule has 1 aromatic heterocycles. The van der Waals surface area contributed by atoms with Gasteiger partial charge in [0.05, 0.1) is 0 Å². The van der Waals surface area contributed by atoms with E-state index in [4.69, 9.17) is 11.5 Å². The van der Waals surface area contributed by atoms with E-state index < -0.39 is 0 Å². The number of rotatable bonds is 2. The lowest BCUT2D eigenvalue weighted by atomic mass is 10.1. The normalized spacial score (nSPS) is 10.4. The number of thiazole rings is 1. The number of aromatic nitrogens is 1. The number of benzene rings is 1. The fraction of sp³-hybridized carbons (Fsp3) is 0.182. The summed E-state index contributed by atoms with van der Waals surface area (Å²) in [6.45, 7) is 0. The van der Waals surface area contributed by atoms with E-state index in [9.17, 15) is 0 Å². The Bertz CT molecular complexity index is 487. The molecule has 0 unspecified atom stereocenters. The zero-order valence-corrected chi connectivity index (χ0v) is 10.1. The Morgan fingerprint density at radius 2 is 1.75 bits per heavy atom. The van der Waals surface area contributed by atoms with Crippen molar-refractivity contribution in [1.29, 1.82) is 0 Å². The highest BCUT2D eigenvalue weighted by molar-refractivity contribution is 7.19. The maximum absolute atomic E-state index is 5.84. The van der Waals surface area contributed by atoms with Crippen LogP contribution in [0.1, 0.15) is 0 Å². The Kier molecular flexibility index (Phi) is 2.70. The van der Waals surface area contributed by atoms with Crippen LogP contribution in [0.5, 0.6) is 0 Å². The van der Waals surface area contributed by atoms with Gasteiger partial charge in [-0.1, -0.05) is 23.5 Å². The SMILES string of the molecule is CN(C)c1ccc(-c2nc(N)sc2N)cc1. The van der Waals surface area contributed by atoms with E-state index in [1.54, 1.807) is 0 Å². The fourth-order valence-corrected chi connectivity index (χ4v) is 2.10. The summed E-state index contributed by atoms with van der Waals surface area (Å²) in [6, 6.07) is 8.06. The molecular weight excluding hydrogens is 220 g/mol. The molecule has 0 aliphatic rings. The maximum Gasteiger partial charge on any atom is 0.182 e. The molecule has 0 bridgehead atoms. The third-order valence-electron chi connectivity index (χ3n) is 2.33. The van der Waals surface area contributed by atoms with Crippen molar-refractivity contribution < 1.29 is 0 Å². The molecule has 0 radical (unpaired) electrons. The van der Waals surface area contributed by atoms with Crippen LogP contribution in [0.4, 0.5) is 15.8 Å². The van der Waals surface area contributed by atoms with Crippen molar-refractivity contribution in [3.63, 3.8) is 0 Å². The number of hydrogen-bond acceptors (Lipinski definition) is 5. The molecule has 4 nitrogen and oxygen atoms in total. The Labute approximate surface area is 98.5 Å². The second-order valence-corrected chi connectivity index (χ2v) is 4.77. The van der Waals surface area contributed by atoms with Crippen molar-refractivity contribution in [1.82, 2.24) is 4.98 Å². The minimum atomic E-state index is 0.504. The Morgan fingerprint density at radius 1 is 1.12 bits per heavy atom. The van der Waals surface area contributed by atoms with Crippen molar-refractivity contribution in [2.75, 3.05) is 30.5 Å². The average molecular weight is 234 g/mol. The molecule has 2 rings (SSSR count). The second kappa shape index (κ2) is 4.02. The predicted octanol–water partition coefficient (Wildman–Crippen LogP) is 2.04. The molecule has 84 valence electrons. The van der Waals surface area contributed by atoms with Crippen LogP contribution in [0.25, 0.3) is 11.3 Å². The standard InChI is InChI=1S/C11H14N4S/c1-15(2)8-5-3-7(4-6-8)9-10(12)16-11(13)14-9/h3-6H,12H2,1-2H3,(H2,13,14). The Balaban J connectivity index is 2.38. The number of nitrogens with two attached hydrogens (primary N) is 2. The van der Waals surface area contributed by atoms with Crippen LogP contribution < -0.4 is 16.4 Å². The molecule has 0 atom stereocenters. The van der Waals surface area contributed by atoms with E-state index in [1.807, 2.05) is 43.3 Å². The summed E-state index contributed by atoms with van der Waals surface area (Å²) in [4.78, 5) is 6.26. The van der Waals surface area contributed by atoms with Crippen molar-refractivity contribution in [2.24, 2.45) is 0 Å². The minimum Gasteiger partial charge on any atom is -0.389 e. The summed E-state index contributed by atoms with van der Waals surface area (Å²) < 4.78 is 0. The van der Waals surface area contributed by atoms with Gasteiger partial charge in [0.15, 0.2) is 5.13 Å². The summed E-state index contributed by atoms with van der Waals surface area (Å²) in [5.74, 6) is 0. The Morgan fingerprint density at radius 3 is 2.19 bits per heavy atom. The lowest BCUT2D eigenvalue weighted by molar-refractivity contribution is 1.13. The van der Waals surface area contributed by atoms with E-state index in [2.05, 4.69) is 4.98 Å². The number of anilines is 3. The van der Waals surface area contributed by atoms with E-state index >= 15 is 0 Å². The molecule has 0 amide bonds. The first-order chi connectivity index (χ1) is 7.58. The molecule has 0 spiro atoms. The van der Waals surface area contributed by atoms with Gasteiger partial charge in [0, 0.05) is 25.3 Å². The van der Waals surface area contributed by atoms with Gasteiger partial charge in [-0.3, -0.25) is 0 Å². The van der Waals surface area contributed by atoms with Gasteiger partial charge in [0.1, 0.15) is 10.7 Å². The quantitative estimate of drug-likeness (QED) is 0.834. The lowest BCUT2D eigenvalue weighted by Crippen LogP contribution is -2.07. The van der Waals surface area contributed by atoms with E-state index in [1.165, 1.54) is 11.3 Å². The first kappa shape index (κ1) is 10.8. The summed E-state index contributed by atoms with van der Waals surface area (Å²) in [5, 5.41) is 1.17. The van der Waals surface area contributed by atoms with E-state index in [0.29, 0.717) is 10.1 Å². The lowest BCUT2D eigenvalue weighted by Gasteiger charge is -2.12. The number of hydrogen-bond donors (Lipinski definition) is 2. The van der Waals surface area contributed by atoms with Gasteiger partial charge in [-0.2, -0.15) is 0 Å². The molecule has 1 heterocycles. The number of nitrogen functional groups attached to an aromatic ring is 2. The smallest absolute Gasteiger partial charge is 0.182 e. The summed E-state index contributed by atoms with van der Waals surface area (Å²) >= 11 is 1.31. The van der Waals surface area contributed by atoms with Crippen molar-refractivity contribution in [2.45, 2.75) is 0 Å². The van der Waals surface area contributed by atoms with Gasteiger partial charge in [-0.05, 0) is 12.1 Å². The summed E-state index contributed by atoms with van der Waals surface area (Å²) in [5.41, 5.74) is 14.4. The van der Waals surface area contributed by atoms with E-state index in [0.717, 1.165) is 16.9 Å². The van der Waals surface area contributed by atoms with Crippen LogP contribution in [0.3, 0.4) is 0 Å².